The van der Waals surface area contributed by atoms with Crippen molar-refractivity contribution in [2.75, 3.05) is 26.4 Å². The lowest BCUT2D eigenvalue weighted by Gasteiger charge is -1.97. The summed E-state index contributed by atoms with van der Waals surface area (Å²) in [6.45, 7) is 1.06. The van der Waals surface area contributed by atoms with Crippen LogP contribution in [0.15, 0.2) is 0 Å². The van der Waals surface area contributed by atoms with Gasteiger partial charge in [0.05, 0.1) is 6.61 Å². The third-order valence-electron chi connectivity index (χ3n) is 0.623. The molecule has 0 amide bonds. The first-order valence-corrected chi connectivity index (χ1v) is 3.08. The lowest BCUT2D eigenvalue weighted by atomic mass is 10.5. The standard InChI is InChI=1S/C5H11ClO2/c1-7-5-8-4-2-3-6/h2-5H2,1H3. The van der Waals surface area contributed by atoms with Crippen LogP contribution in [0.4, 0.5) is 0 Å². The summed E-state index contributed by atoms with van der Waals surface area (Å²) in [6.07, 6.45) is 0.894. The Balaban J connectivity index is 2.53. The van der Waals surface area contributed by atoms with Crippen LogP contribution >= 0.6 is 11.6 Å². The molecule has 50 valence electrons. The molecule has 0 aliphatic rings. The van der Waals surface area contributed by atoms with Gasteiger partial charge in [0, 0.05) is 13.0 Å². The van der Waals surface area contributed by atoms with E-state index in [1.165, 1.54) is 0 Å². The fourth-order valence-corrected chi connectivity index (χ4v) is 0.408. The molecule has 8 heavy (non-hydrogen) atoms. The van der Waals surface area contributed by atoms with Crippen molar-refractivity contribution in [3.8, 4) is 0 Å². The number of ether oxygens (including phenoxy) is 2. The quantitative estimate of drug-likeness (QED) is 0.323. The molecule has 0 atom stereocenters. The SMILES string of the molecule is COCOCCCCl. The average Bonchev–Trinajstić information content (AvgIpc) is 1.81. The summed E-state index contributed by atoms with van der Waals surface area (Å²) in [6, 6.07) is 0. The summed E-state index contributed by atoms with van der Waals surface area (Å²) in [5.74, 6) is 0.656. The molecular weight excluding hydrogens is 128 g/mol. The number of hydrogen-bond acceptors (Lipinski definition) is 2. The molecular formula is C5H11ClO2. The zero-order chi connectivity index (χ0) is 6.24. The van der Waals surface area contributed by atoms with Gasteiger partial charge in [-0.15, -0.1) is 11.6 Å². The molecule has 0 saturated carbocycles. The zero-order valence-corrected chi connectivity index (χ0v) is 5.78. The third-order valence-corrected chi connectivity index (χ3v) is 0.891. The molecule has 0 spiro atoms. The Labute approximate surface area is 54.7 Å². The van der Waals surface area contributed by atoms with Crippen molar-refractivity contribution in [3.63, 3.8) is 0 Å². The largest absolute Gasteiger partial charge is 0.359 e. The maximum absolute atomic E-state index is 5.36. The van der Waals surface area contributed by atoms with E-state index in [4.69, 9.17) is 16.3 Å². The minimum Gasteiger partial charge on any atom is -0.359 e. The van der Waals surface area contributed by atoms with Crippen LogP contribution in [0.2, 0.25) is 0 Å². The van der Waals surface area contributed by atoms with Gasteiger partial charge in [0.25, 0.3) is 0 Å². The summed E-state index contributed by atoms with van der Waals surface area (Å²) in [4.78, 5) is 0. The van der Waals surface area contributed by atoms with Crippen LogP contribution in [0.1, 0.15) is 6.42 Å². The predicted molar refractivity (Wildman–Crippen MR) is 33.2 cm³/mol. The highest BCUT2D eigenvalue weighted by atomic mass is 35.5. The second-order valence-corrected chi connectivity index (χ2v) is 1.74. The molecule has 0 saturated heterocycles. The fourth-order valence-electron chi connectivity index (χ4n) is 0.299. The first kappa shape index (κ1) is 8.21. The molecule has 0 aromatic carbocycles. The highest BCUT2D eigenvalue weighted by molar-refractivity contribution is 6.17. The molecule has 0 fully saturated rings. The summed E-state index contributed by atoms with van der Waals surface area (Å²) >= 11 is 5.36. The maximum Gasteiger partial charge on any atom is 0.146 e. The number of halogens is 1. The molecule has 0 aliphatic carbocycles. The first-order chi connectivity index (χ1) is 3.91. The van der Waals surface area contributed by atoms with E-state index < -0.39 is 0 Å². The van der Waals surface area contributed by atoms with Crippen LogP contribution < -0.4 is 0 Å². The first-order valence-electron chi connectivity index (χ1n) is 2.54. The van der Waals surface area contributed by atoms with Gasteiger partial charge < -0.3 is 9.47 Å². The van der Waals surface area contributed by atoms with E-state index in [9.17, 15) is 0 Å². The number of rotatable bonds is 5. The van der Waals surface area contributed by atoms with Crippen LogP contribution in [0, 0.1) is 0 Å². The lowest BCUT2D eigenvalue weighted by molar-refractivity contribution is -0.0298. The maximum atomic E-state index is 5.36. The van der Waals surface area contributed by atoms with E-state index in [-0.39, 0.29) is 0 Å². The van der Waals surface area contributed by atoms with Crippen molar-refractivity contribution < 1.29 is 9.47 Å². The molecule has 0 unspecified atom stereocenters. The average molecular weight is 139 g/mol. The molecule has 0 aliphatic heterocycles. The molecule has 0 aromatic rings. The number of alkyl halides is 1. The molecule has 0 radical (unpaired) electrons. The van der Waals surface area contributed by atoms with Gasteiger partial charge in [0.1, 0.15) is 6.79 Å². The Morgan fingerprint density at radius 3 is 2.75 bits per heavy atom. The molecule has 0 rings (SSSR count). The molecule has 0 N–H and O–H groups in total. The van der Waals surface area contributed by atoms with Gasteiger partial charge >= 0.3 is 0 Å². The van der Waals surface area contributed by atoms with Crippen molar-refractivity contribution in [1.82, 2.24) is 0 Å². The fraction of sp³-hybridized carbons (Fsp3) is 1.00. The Kier molecular flexibility index (Phi) is 7.40. The number of hydrogen-bond donors (Lipinski definition) is 0. The van der Waals surface area contributed by atoms with Gasteiger partial charge in [-0.3, -0.25) is 0 Å². The third kappa shape index (κ3) is 6.21. The molecule has 3 heteroatoms. The van der Waals surface area contributed by atoms with E-state index in [2.05, 4.69) is 4.74 Å². The summed E-state index contributed by atoms with van der Waals surface area (Å²) in [7, 11) is 1.60. The van der Waals surface area contributed by atoms with Crippen LogP contribution in [0.5, 0.6) is 0 Å². The van der Waals surface area contributed by atoms with Crippen LogP contribution in [-0.2, 0) is 9.47 Å². The lowest BCUT2D eigenvalue weighted by Crippen LogP contribution is -1.98. The van der Waals surface area contributed by atoms with Gasteiger partial charge in [0.15, 0.2) is 0 Å². The number of methoxy groups -OCH3 is 1. The van der Waals surface area contributed by atoms with E-state index in [0.29, 0.717) is 19.3 Å². The van der Waals surface area contributed by atoms with Crippen molar-refractivity contribution in [2.45, 2.75) is 6.42 Å². The molecule has 0 bridgehead atoms. The monoisotopic (exact) mass is 138 g/mol. The topological polar surface area (TPSA) is 18.5 Å². The normalized spacial score (nSPS) is 9.75. The van der Waals surface area contributed by atoms with Crippen LogP contribution in [0.3, 0.4) is 0 Å². The predicted octanol–water partition coefficient (Wildman–Crippen LogP) is 1.24. The Hall–Kier alpha value is 0.210. The minimum atomic E-state index is 0.372. The second-order valence-electron chi connectivity index (χ2n) is 1.36. The van der Waals surface area contributed by atoms with Crippen LogP contribution in [0.25, 0.3) is 0 Å². The van der Waals surface area contributed by atoms with Crippen molar-refractivity contribution in [3.05, 3.63) is 0 Å². The summed E-state index contributed by atoms with van der Waals surface area (Å²) in [5.41, 5.74) is 0. The molecule has 2 nitrogen and oxygen atoms in total. The highest BCUT2D eigenvalue weighted by Gasteiger charge is 1.82. The summed E-state index contributed by atoms with van der Waals surface area (Å²) < 4.78 is 9.54. The Bertz CT molecular complexity index is 35.4. The Morgan fingerprint density at radius 1 is 1.50 bits per heavy atom. The minimum absolute atomic E-state index is 0.372. The van der Waals surface area contributed by atoms with Crippen LogP contribution in [-0.4, -0.2) is 26.4 Å². The second kappa shape index (κ2) is 7.21. The molecule has 0 heterocycles. The van der Waals surface area contributed by atoms with Crippen molar-refractivity contribution >= 4 is 11.6 Å². The van der Waals surface area contributed by atoms with Crippen molar-refractivity contribution in [1.29, 1.82) is 0 Å². The summed E-state index contributed by atoms with van der Waals surface area (Å²) in [5, 5.41) is 0. The van der Waals surface area contributed by atoms with E-state index in [1.807, 2.05) is 0 Å². The van der Waals surface area contributed by atoms with E-state index >= 15 is 0 Å². The zero-order valence-electron chi connectivity index (χ0n) is 5.02. The van der Waals surface area contributed by atoms with Gasteiger partial charge in [-0.25, -0.2) is 0 Å². The van der Waals surface area contributed by atoms with E-state index in [1.54, 1.807) is 7.11 Å². The van der Waals surface area contributed by atoms with Gasteiger partial charge in [0.2, 0.25) is 0 Å². The van der Waals surface area contributed by atoms with Gasteiger partial charge in [-0.05, 0) is 6.42 Å². The van der Waals surface area contributed by atoms with Gasteiger partial charge in [-0.2, -0.15) is 0 Å². The van der Waals surface area contributed by atoms with E-state index in [0.717, 1.165) is 6.42 Å². The van der Waals surface area contributed by atoms with Crippen molar-refractivity contribution in [2.24, 2.45) is 0 Å². The van der Waals surface area contributed by atoms with Gasteiger partial charge in [-0.1, -0.05) is 0 Å². The Morgan fingerprint density at radius 2 is 2.25 bits per heavy atom. The molecule has 0 aromatic heterocycles. The highest BCUT2D eigenvalue weighted by Crippen LogP contribution is 1.84. The smallest absolute Gasteiger partial charge is 0.146 e.